The molecule has 5 rings (SSSR count). The number of aromatic nitrogens is 6. The van der Waals surface area contributed by atoms with Gasteiger partial charge in [0.2, 0.25) is 18.4 Å². The van der Waals surface area contributed by atoms with Gasteiger partial charge < -0.3 is 21.1 Å². The Hall–Kier alpha value is -4.18. The number of carbonyl (C=O) groups excluding carboxylic acids is 3. The monoisotopic (exact) mass is 570 g/mol. The number of carboxylic acids is 1. The number of aliphatic carboxylic acids is 1. The fourth-order valence-electron chi connectivity index (χ4n) is 4.91. The van der Waals surface area contributed by atoms with E-state index in [2.05, 4.69) is 25.8 Å². The topological polar surface area (TPSA) is 190 Å². The molecule has 0 bridgehead atoms. The first-order valence-corrected chi connectivity index (χ1v) is 13.6. The molecule has 1 saturated heterocycles. The largest absolute Gasteiger partial charge is 0.477 e. The second kappa shape index (κ2) is 10.5. The van der Waals surface area contributed by atoms with Crippen LogP contribution in [0.15, 0.2) is 51.2 Å². The number of primary amides is 1. The van der Waals surface area contributed by atoms with E-state index in [9.17, 15) is 24.3 Å². The molecule has 14 nitrogen and oxygen atoms in total. The normalized spacial score (nSPS) is 20.9. The predicted molar refractivity (Wildman–Crippen MR) is 136 cm³/mol. The molecule has 0 saturated carbocycles. The smallest absolute Gasteiger partial charge is 0.353 e. The molecule has 2 aliphatic heterocycles. The van der Waals surface area contributed by atoms with E-state index in [0.717, 1.165) is 5.56 Å². The highest BCUT2D eigenvalue weighted by atomic mass is 32.2. The fourth-order valence-corrected chi connectivity index (χ4v) is 7.01. The number of tetrazole rings is 1. The van der Waals surface area contributed by atoms with Crippen molar-refractivity contribution < 1.29 is 28.9 Å². The van der Waals surface area contributed by atoms with Crippen LogP contribution in [0, 0.1) is 11.8 Å². The summed E-state index contributed by atoms with van der Waals surface area (Å²) in [4.78, 5) is 55.4. The summed E-state index contributed by atoms with van der Waals surface area (Å²) < 4.78 is 3.56. The highest BCUT2D eigenvalue weighted by molar-refractivity contribution is 8.04. The third-order valence-electron chi connectivity index (χ3n) is 6.62. The summed E-state index contributed by atoms with van der Waals surface area (Å²) in [5.41, 5.74) is 6.72. The highest BCUT2D eigenvalue weighted by Gasteiger charge is 2.60. The van der Waals surface area contributed by atoms with Crippen molar-refractivity contribution in [2.75, 3.05) is 0 Å². The van der Waals surface area contributed by atoms with Crippen LogP contribution in [0.2, 0.25) is 0 Å². The molecule has 16 heteroatoms. The Labute approximate surface area is 229 Å². The molecule has 3 amide bonds. The maximum Gasteiger partial charge on any atom is 0.353 e. The maximum atomic E-state index is 13.1. The van der Waals surface area contributed by atoms with Gasteiger partial charge >= 0.3 is 5.97 Å². The van der Waals surface area contributed by atoms with Gasteiger partial charge in [-0.3, -0.25) is 14.4 Å². The van der Waals surface area contributed by atoms with Gasteiger partial charge in [-0.15, -0.1) is 16.4 Å². The first-order valence-electron chi connectivity index (χ1n) is 11.9. The van der Waals surface area contributed by atoms with Gasteiger partial charge in [0, 0.05) is 39.9 Å². The maximum absolute atomic E-state index is 13.1. The summed E-state index contributed by atoms with van der Waals surface area (Å²) in [6, 6.07) is 2.71. The van der Waals surface area contributed by atoms with Crippen molar-refractivity contribution in [1.29, 1.82) is 0 Å². The number of fused-ring (bicyclic) bond motifs is 1. The van der Waals surface area contributed by atoms with E-state index in [1.54, 1.807) is 23.9 Å². The molecule has 0 radical (unpaired) electrons. The molecule has 39 heavy (non-hydrogen) atoms. The van der Waals surface area contributed by atoms with E-state index in [4.69, 9.17) is 5.73 Å². The molecule has 0 unspecified atom stereocenters. The van der Waals surface area contributed by atoms with Gasteiger partial charge in [-0.1, -0.05) is 18.7 Å². The average Bonchev–Trinajstić information content (AvgIpc) is 3.60. The van der Waals surface area contributed by atoms with Crippen LogP contribution in [0.4, 0.5) is 0 Å². The minimum absolute atomic E-state index is 0.0464. The van der Waals surface area contributed by atoms with E-state index in [1.807, 2.05) is 24.4 Å². The number of thioether (sulfide) groups is 1. The lowest BCUT2D eigenvalue weighted by molar-refractivity contribution is -0.684. The zero-order valence-electron chi connectivity index (χ0n) is 20.8. The Kier molecular flexibility index (Phi) is 7.14. The molecule has 0 aliphatic carbocycles. The second-order valence-corrected chi connectivity index (χ2v) is 11.4. The lowest BCUT2D eigenvalue weighted by Gasteiger charge is -2.47. The number of nitrogens with zero attached hydrogens (tertiary/aromatic N) is 7. The van der Waals surface area contributed by atoms with Crippen LogP contribution in [-0.2, 0) is 32.3 Å². The van der Waals surface area contributed by atoms with Crippen LogP contribution in [0.3, 0.4) is 0 Å². The predicted octanol–water partition coefficient (Wildman–Crippen LogP) is -0.361. The number of β-lactam (4-membered cyclic amide) rings is 1. The molecule has 3 aromatic heterocycles. The molecule has 202 valence electrons. The molecule has 2 aliphatic rings. The Bertz CT molecular complexity index is 1470. The van der Waals surface area contributed by atoms with Crippen LogP contribution < -0.4 is 15.6 Å². The number of rotatable bonds is 10. The third kappa shape index (κ3) is 5.12. The number of nitrogens with two attached hydrogens (primary N) is 1. The number of thiazole rings is 1. The number of amides is 3. The quantitative estimate of drug-likeness (QED) is 0.214. The van der Waals surface area contributed by atoms with Crippen molar-refractivity contribution in [2.24, 2.45) is 17.6 Å². The summed E-state index contributed by atoms with van der Waals surface area (Å²) in [5, 5.41) is 25.3. The molecule has 1 fully saturated rings. The zero-order chi connectivity index (χ0) is 27.8. The first kappa shape index (κ1) is 26.4. The Balaban J connectivity index is 1.30. The number of nitrogens with one attached hydrogen (secondary N) is 1. The fraction of sp³-hybridized carbons (Fsp3) is 0.348. The number of hydrogen-bond donors (Lipinski definition) is 3. The first-order chi connectivity index (χ1) is 18.6. The summed E-state index contributed by atoms with van der Waals surface area (Å²) in [6.07, 6.45) is 4.78. The lowest BCUT2D eigenvalue weighted by atomic mass is 9.78. The van der Waals surface area contributed by atoms with Crippen LogP contribution in [0.25, 0.3) is 11.3 Å². The molecule has 0 spiro atoms. The highest BCUT2D eigenvalue weighted by Crippen LogP contribution is 2.52. The van der Waals surface area contributed by atoms with E-state index < -0.39 is 29.9 Å². The number of carbonyl (C=O) groups is 4. The standard InChI is InChI=1S/C23H23N9O5S2/c1-11-18-17(12(2)26-16(34)8-31-10-25-28-29-31)21(35)32(18)19(22(36)37)20(11)39-23-27-14(9-38-23)13-3-5-30(6-4-13)7-15(24)33/h3-6,9-12,17-18H,7-8H2,1-2H3,(H3-,24,26,33,34,36,37)/p+1/t11-,12-,17-,18-/m1/s1. The van der Waals surface area contributed by atoms with Gasteiger partial charge in [0.1, 0.15) is 18.6 Å². The van der Waals surface area contributed by atoms with Crippen LogP contribution >= 0.6 is 23.1 Å². The Morgan fingerprint density at radius 3 is 2.69 bits per heavy atom. The van der Waals surface area contributed by atoms with Crippen molar-refractivity contribution in [3.05, 3.63) is 46.8 Å². The molecule has 3 aromatic rings. The zero-order valence-corrected chi connectivity index (χ0v) is 22.4. The van der Waals surface area contributed by atoms with Gasteiger partial charge in [0.05, 0.1) is 17.7 Å². The van der Waals surface area contributed by atoms with Crippen LogP contribution in [0.5, 0.6) is 0 Å². The summed E-state index contributed by atoms with van der Waals surface area (Å²) >= 11 is 2.60. The van der Waals surface area contributed by atoms with Crippen LogP contribution in [0.1, 0.15) is 13.8 Å². The number of hydrogen-bond acceptors (Lipinski definition) is 10. The molecule has 4 atom stereocenters. The van der Waals surface area contributed by atoms with E-state index in [0.29, 0.717) is 14.9 Å². The molecule has 5 heterocycles. The van der Waals surface area contributed by atoms with E-state index >= 15 is 0 Å². The van der Waals surface area contributed by atoms with Crippen molar-refractivity contribution in [3.8, 4) is 11.3 Å². The minimum atomic E-state index is -1.19. The van der Waals surface area contributed by atoms with E-state index in [1.165, 1.54) is 39.0 Å². The van der Waals surface area contributed by atoms with E-state index in [-0.39, 0.29) is 36.5 Å². The molecular formula is C23H24N9O5S2+. The van der Waals surface area contributed by atoms with Crippen molar-refractivity contribution in [3.63, 3.8) is 0 Å². The van der Waals surface area contributed by atoms with Crippen molar-refractivity contribution in [1.82, 2.24) is 35.4 Å². The third-order valence-corrected chi connectivity index (χ3v) is 8.85. The summed E-state index contributed by atoms with van der Waals surface area (Å²) in [6.45, 7) is 3.59. The van der Waals surface area contributed by atoms with Gasteiger partial charge in [0.25, 0.3) is 5.91 Å². The van der Waals surface area contributed by atoms with Crippen molar-refractivity contribution >= 4 is 46.8 Å². The van der Waals surface area contributed by atoms with Crippen LogP contribution in [-0.4, -0.2) is 71.0 Å². The summed E-state index contributed by atoms with van der Waals surface area (Å²) in [5.74, 6) is -3.19. The Morgan fingerprint density at radius 1 is 1.31 bits per heavy atom. The summed E-state index contributed by atoms with van der Waals surface area (Å²) in [7, 11) is 0. The minimum Gasteiger partial charge on any atom is -0.477 e. The molecule has 4 N–H and O–H groups in total. The second-order valence-electron chi connectivity index (χ2n) is 9.22. The lowest BCUT2D eigenvalue weighted by Crippen LogP contribution is -2.66. The molecular weight excluding hydrogens is 546 g/mol. The van der Waals surface area contributed by atoms with Gasteiger partial charge in [-0.05, 0) is 17.4 Å². The number of carboxylic acid groups (broad SMARTS) is 1. The SMILES string of the molecule is C[C@@H](NC(=O)Cn1cnnn1)[C@H]1C(=O)N2C(C(=O)O)=C(Sc3nc(-c4cc[n+](CC(N)=O)cc4)cs3)[C@H](C)[C@H]12. The average molecular weight is 571 g/mol. The Morgan fingerprint density at radius 2 is 2.05 bits per heavy atom. The van der Waals surface area contributed by atoms with Gasteiger partial charge in [-0.25, -0.2) is 14.5 Å². The van der Waals surface area contributed by atoms with Crippen molar-refractivity contribution in [2.45, 2.75) is 43.4 Å². The number of pyridine rings is 1. The molecule has 0 aromatic carbocycles. The van der Waals surface area contributed by atoms with Gasteiger partial charge in [0.15, 0.2) is 16.7 Å². The van der Waals surface area contributed by atoms with Gasteiger partial charge in [-0.2, -0.15) is 4.57 Å².